The van der Waals surface area contributed by atoms with Crippen molar-refractivity contribution in [2.45, 2.75) is 26.3 Å². The molecular weight excluding hydrogens is 439 g/mol. The highest BCUT2D eigenvalue weighted by Gasteiger charge is 2.09. The number of nitrogens with one attached hydrogen (secondary N) is 2. The van der Waals surface area contributed by atoms with Gasteiger partial charge < -0.3 is 20.1 Å². The van der Waals surface area contributed by atoms with Crippen LogP contribution in [0, 0.1) is 5.82 Å². The lowest BCUT2D eigenvalue weighted by Crippen LogP contribution is -2.22. The summed E-state index contributed by atoms with van der Waals surface area (Å²) >= 11 is 0. The lowest BCUT2D eigenvalue weighted by Gasteiger charge is -2.09. The summed E-state index contributed by atoms with van der Waals surface area (Å²) in [4.78, 5) is 36.0. The largest absolute Gasteiger partial charge is 0.513 e. The Labute approximate surface area is 196 Å². The first-order chi connectivity index (χ1) is 16.4. The highest BCUT2D eigenvalue weighted by Crippen LogP contribution is 2.15. The second kappa shape index (κ2) is 12.2. The molecule has 0 radical (unpaired) electrons. The maximum Gasteiger partial charge on any atom is 0.513 e. The summed E-state index contributed by atoms with van der Waals surface area (Å²) < 4.78 is 22.6. The molecule has 3 rings (SSSR count). The minimum Gasteiger partial charge on any atom is -0.434 e. The number of rotatable bonds is 9. The van der Waals surface area contributed by atoms with Gasteiger partial charge in [-0.25, -0.2) is 9.18 Å². The van der Waals surface area contributed by atoms with Crippen LogP contribution >= 0.6 is 0 Å². The Morgan fingerprint density at radius 2 is 1.65 bits per heavy atom. The smallest absolute Gasteiger partial charge is 0.434 e. The Hall–Kier alpha value is -4.20. The third kappa shape index (κ3) is 7.74. The van der Waals surface area contributed by atoms with E-state index in [0.29, 0.717) is 17.7 Å². The first kappa shape index (κ1) is 24.4. The summed E-state index contributed by atoms with van der Waals surface area (Å²) in [5.74, 6) is -0.484. The van der Waals surface area contributed by atoms with E-state index < -0.39 is 6.16 Å². The van der Waals surface area contributed by atoms with Crippen molar-refractivity contribution in [2.75, 3.05) is 11.9 Å². The maximum atomic E-state index is 13.0. The Morgan fingerprint density at radius 1 is 0.912 bits per heavy atom. The summed E-state index contributed by atoms with van der Waals surface area (Å²) in [6.45, 7) is 2.15. The molecule has 176 valence electrons. The molecule has 0 aliphatic rings. The van der Waals surface area contributed by atoms with Gasteiger partial charge in [-0.1, -0.05) is 24.3 Å². The second-order valence-corrected chi connectivity index (χ2v) is 7.37. The Morgan fingerprint density at radius 3 is 2.35 bits per heavy atom. The van der Waals surface area contributed by atoms with Crippen LogP contribution < -0.4 is 15.4 Å². The molecule has 0 spiro atoms. The van der Waals surface area contributed by atoms with Crippen LogP contribution in [0.4, 0.5) is 14.9 Å². The van der Waals surface area contributed by atoms with Crippen LogP contribution in [0.25, 0.3) is 0 Å². The van der Waals surface area contributed by atoms with Crippen LogP contribution in [0.5, 0.6) is 5.75 Å². The van der Waals surface area contributed by atoms with Crippen molar-refractivity contribution in [3.63, 3.8) is 0 Å². The third-order valence-corrected chi connectivity index (χ3v) is 4.80. The van der Waals surface area contributed by atoms with Gasteiger partial charge in [0.15, 0.2) is 0 Å². The number of anilines is 1. The zero-order valence-electron chi connectivity index (χ0n) is 18.7. The van der Waals surface area contributed by atoms with E-state index in [4.69, 9.17) is 9.47 Å². The van der Waals surface area contributed by atoms with E-state index in [1.165, 1.54) is 24.3 Å². The highest BCUT2D eigenvalue weighted by molar-refractivity contribution is 5.94. The first-order valence-electron chi connectivity index (χ1n) is 10.8. The van der Waals surface area contributed by atoms with Crippen LogP contribution in [0.15, 0.2) is 72.8 Å². The van der Waals surface area contributed by atoms with E-state index in [2.05, 4.69) is 10.6 Å². The predicted molar refractivity (Wildman–Crippen MR) is 125 cm³/mol. The molecule has 0 bridgehead atoms. The quantitative estimate of drug-likeness (QED) is 0.348. The fourth-order valence-corrected chi connectivity index (χ4v) is 3.09. The van der Waals surface area contributed by atoms with Crippen LogP contribution in [0.2, 0.25) is 0 Å². The molecule has 0 saturated carbocycles. The number of halogens is 1. The summed E-state index contributed by atoms with van der Waals surface area (Å²) in [6.07, 6.45) is -0.0318. The standard InChI is InChI=1S/C26H25FN2O5/c1-2-33-26(32)34-23-13-9-20(10-14-23)25(31)28-17-19-4-3-5-22(16-19)29-24(30)15-8-18-6-11-21(27)12-7-18/h3-7,9-14,16H,2,8,15,17H2,1H3,(H,28,31)(H,29,30). The van der Waals surface area contributed by atoms with Gasteiger partial charge in [-0.3, -0.25) is 9.59 Å². The zero-order valence-corrected chi connectivity index (χ0v) is 18.7. The average Bonchev–Trinajstić information content (AvgIpc) is 2.83. The Kier molecular flexibility index (Phi) is 8.73. The number of hydrogen-bond donors (Lipinski definition) is 2. The van der Waals surface area contributed by atoms with Gasteiger partial charge in [0, 0.05) is 24.2 Å². The number of hydrogen-bond acceptors (Lipinski definition) is 5. The molecule has 0 unspecified atom stereocenters. The highest BCUT2D eigenvalue weighted by atomic mass is 19.1. The molecule has 0 aliphatic carbocycles. The molecule has 8 heteroatoms. The second-order valence-electron chi connectivity index (χ2n) is 7.37. The van der Waals surface area contributed by atoms with E-state index in [9.17, 15) is 18.8 Å². The molecule has 3 aromatic rings. The van der Waals surface area contributed by atoms with Crippen LogP contribution in [0.3, 0.4) is 0 Å². The lowest BCUT2D eigenvalue weighted by molar-refractivity contribution is -0.116. The molecule has 0 heterocycles. The van der Waals surface area contributed by atoms with Crippen molar-refractivity contribution in [3.8, 4) is 5.75 Å². The van der Waals surface area contributed by atoms with Gasteiger partial charge in [0.05, 0.1) is 6.61 Å². The van der Waals surface area contributed by atoms with Gasteiger partial charge in [-0.15, -0.1) is 0 Å². The molecule has 0 saturated heterocycles. The SMILES string of the molecule is CCOC(=O)Oc1ccc(C(=O)NCc2cccc(NC(=O)CCc3ccc(F)cc3)c2)cc1. The maximum absolute atomic E-state index is 13.0. The Bertz CT molecular complexity index is 1130. The summed E-state index contributed by atoms with van der Waals surface area (Å²) in [5.41, 5.74) is 2.72. The van der Waals surface area contributed by atoms with Gasteiger partial charge in [-0.05, 0) is 73.0 Å². The van der Waals surface area contributed by atoms with Crippen molar-refractivity contribution >= 4 is 23.7 Å². The Balaban J connectivity index is 1.48. The summed E-state index contributed by atoms with van der Waals surface area (Å²) in [6, 6.07) is 19.3. The van der Waals surface area contributed by atoms with Crippen LogP contribution in [-0.4, -0.2) is 24.6 Å². The summed E-state index contributed by atoms with van der Waals surface area (Å²) in [5, 5.41) is 5.65. The summed E-state index contributed by atoms with van der Waals surface area (Å²) in [7, 11) is 0. The van der Waals surface area contributed by atoms with Crippen molar-refractivity contribution in [1.29, 1.82) is 0 Å². The van der Waals surface area contributed by atoms with E-state index in [0.717, 1.165) is 11.1 Å². The van der Waals surface area contributed by atoms with Gasteiger partial charge in [0.2, 0.25) is 5.91 Å². The number of benzene rings is 3. The van der Waals surface area contributed by atoms with Crippen molar-refractivity contribution in [2.24, 2.45) is 0 Å². The molecule has 3 aromatic carbocycles. The molecule has 34 heavy (non-hydrogen) atoms. The fraction of sp³-hybridized carbons (Fsp3) is 0.192. The van der Waals surface area contributed by atoms with E-state index in [-0.39, 0.29) is 43.0 Å². The normalized spacial score (nSPS) is 10.3. The first-order valence-corrected chi connectivity index (χ1v) is 10.8. The molecule has 0 atom stereocenters. The van der Waals surface area contributed by atoms with Crippen LogP contribution in [-0.2, 0) is 22.5 Å². The van der Waals surface area contributed by atoms with E-state index in [1.807, 2.05) is 6.07 Å². The number of carbonyl (C=O) groups excluding carboxylic acids is 3. The minimum absolute atomic E-state index is 0.157. The van der Waals surface area contributed by atoms with E-state index >= 15 is 0 Å². The lowest BCUT2D eigenvalue weighted by atomic mass is 10.1. The van der Waals surface area contributed by atoms with Crippen molar-refractivity contribution < 1.29 is 28.2 Å². The predicted octanol–water partition coefficient (Wildman–Crippen LogP) is 4.86. The van der Waals surface area contributed by atoms with Crippen molar-refractivity contribution in [3.05, 3.63) is 95.3 Å². The number of ether oxygens (including phenoxy) is 2. The molecule has 2 N–H and O–H groups in total. The molecule has 0 aliphatic heterocycles. The molecule has 0 aromatic heterocycles. The fourth-order valence-electron chi connectivity index (χ4n) is 3.09. The van der Waals surface area contributed by atoms with Crippen LogP contribution in [0.1, 0.15) is 34.8 Å². The van der Waals surface area contributed by atoms with Gasteiger partial charge in [-0.2, -0.15) is 0 Å². The van der Waals surface area contributed by atoms with Gasteiger partial charge >= 0.3 is 6.16 Å². The molecule has 2 amide bonds. The minimum atomic E-state index is -0.804. The average molecular weight is 464 g/mol. The number of carbonyl (C=O) groups is 3. The van der Waals surface area contributed by atoms with Crippen molar-refractivity contribution in [1.82, 2.24) is 5.32 Å². The molecular formula is C26H25FN2O5. The monoisotopic (exact) mass is 464 g/mol. The van der Waals surface area contributed by atoms with Gasteiger partial charge in [0.1, 0.15) is 11.6 Å². The van der Waals surface area contributed by atoms with Gasteiger partial charge in [0.25, 0.3) is 5.91 Å². The number of aryl methyl sites for hydroxylation is 1. The number of amides is 2. The topological polar surface area (TPSA) is 93.7 Å². The zero-order chi connectivity index (χ0) is 24.3. The van der Waals surface area contributed by atoms with E-state index in [1.54, 1.807) is 49.4 Å². The third-order valence-electron chi connectivity index (χ3n) is 4.80. The molecule has 7 nitrogen and oxygen atoms in total. The molecule has 0 fully saturated rings.